The third-order valence-corrected chi connectivity index (χ3v) is 8.04. The Hall–Kier alpha value is -2.70. The van der Waals surface area contributed by atoms with Gasteiger partial charge in [-0.15, -0.1) is 0 Å². The first-order valence-electron chi connectivity index (χ1n) is 14.2. The molecule has 0 radical (unpaired) electrons. The summed E-state index contributed by atoms with van der Waals surface area (Å²) in [6, 6.07) is 22.9. The molecule has 4 rings (SSSR count). The van der Waals surface area contributed by atoms with Crippen LogP contribution in [0.3, 0.4) is 0 Å². The largest absolute Gasteiger partial charge is 0.486 e. The molecule has 1 amide bonds. The Labute approximate surface area is 241 Å². The number of anilines is 1. The summed E-state index contributed by atoms with van der Waals surface area (Å²) in [6.45, 7) is 7.16. The summed E-state index contributed by atoms with van der Waals surface area (Å²) in [5.41, 5.74) is 3.24. The molecular formula is C33H40BrFN2O2. The van der Waals surface area contributed by atoms with E-state index in [0.717, 1.165) is 79.6 Å². The van der Waals surface area contributed by atoms with Gasteiger partial charge in [0.15, 0.2) is 0 Å². The quantitative estimate of drug-likeness (QED) is 0.213. The number of carbonyl (C=O) groups is 1. The van der Waals surface area contributed by atoms with E-state index in [1.807, 2.05) is 56.3 Å². The van der Waals surface area contributed by atoms with E-state index in [2.05, 4.69) is 44.3 Å². The maximum Gasteiger partial charge on any atom is 0.226 e. The van der Waals surface area contributed by atoms with Crippen LogP contribution < -0.4 is 10.1 Å². The first kappa shape index (κ1) is 29.3. The zero-order chi connectivity index (χ0) is 27.6. The van der Waals surface area contributed by atoms with Gasteiger partial charge in [0.25, 0.3) is 0 Å². The second kappa shape index (κ2) is 14.6. The number of benzene rings is 3. The fourth-order valence-corrected chi connectivity index (χ4v) is 5.40. The zero-order valence-corrected chi connectivity index (χ0v) is 24.6. The van der Waals surface area contributed by atoms with Crippen LogP contribution in [0.2, 0.25) is 0 Å². The second-order valence-corrected chi connectivity index (χ2v) is 11.8. The summed E-state index contributed by atoms with van der Waals surface area (Å²) in [6.07, 6.45) is 6.46. The van der Waals surface area contributed by atoms with Crippen molar-refractivity contribution >= 4 is 27.5 Å². The lowest BCUT2D eigenvalue weighted by molar-refractivity contribution is -0.118. The van der Waals surface area contributed by atoms with Crippen molar-refractivity contribution in [1.82, 2.24) is 4.90 Å². The van der Waals surface area contributed by atoms with Gasteiger partial charge in [0, 0.05) is 16.1 Å². The van der Waals surface area contributed by atoms with Crippen molar-refractivity contribution in [2.75, 3.05) is 25.0 Å². The highest BCUT2D eigenvalue weighted by Gasteiger charge is 2.21. The fraction of sp³-hybridized carbons (Fsp3) is 0.424. The van der Waals surface area contributed by atoms with Gasteiger partial charge >= 0.3 is 0 Å². The Morgan fingerprint density at radius 2 is 1.72 bits per heavy atom. The van der Waals surface area contributed by atoms with E-state index >= 15 is 0 Å². The number of unbranched alkanes of at least 4 members (excludes halogenated alkanes) is 2. The van der Waals surface area contributed by atoms with Crippen molar-refractivity contribution in [1.29, 1.82) is 0 Å². The molecule has 1 aliphatic rings. The summed E-state index contributed by atoms with van der Waals surface area (Å²) in [7, 11) is 0. The highest BCUT2D eigenvalue weighted by atomic mass is 79.9. The fourth-order valence-electron chi connectivity index (χ4n) is 5.14. The number of nitrogens with one attached hydrogen (secondary N) is 1. The number of hydrogen-bond acceptors (Lipinski definition) is 3. The zero-order valence-electron chi connectivity index (χ0n) is 23.0. The van der Waals surface area contributed by atoms with Gasteiger partial charge in [0.05, 0.1) is 0 Å². The maximum atomic E-state index is 13.5. The Bertz CT molecular complexity index is 1180. The smallest absolute Gasteiger partial charge is 0.226 e. The van der Waals surface area contributed by atoms with Crippen molar-refractivity contribution < 1.29 is 13.9 Å². The van der Waals surface area contributed by atoms with Crippen LogP contribution >= 0.6 is 15.9 Å². The predicted octanol–water partition coefficient (Wildman–Crippen LogP) is 8.74. The van der Waals surface area contributed by atoms with Crippen LogP contribution in [0.1, 0.15) is 75.5 Å². The van der Waals surface area contributed by atoms with Gasteiger partial charge in [-0.05, 0) is 117 Å². The number of nitrogens with zero attached hydrogens (tertiary/aromatic N) is 1. The molecule has 39 heavy (non-hydrogen) atoms. The first-order chi connectivity index (χ1) is 18.9. The number of halogens is 2. The molecule has 4 nitrogen and oxygen atoms in total. The normalized spacial score (nSPS) is 15.3. The molecule has 0 aliphatic carbocycles. The number of carbonyl (C=O) groups excluding carboxylic acids is 1. The number of ether oxygens (including phenoxy) is 1. The third kappa shape index (κ3) is 9.18. The van der Waals surface area contributed by atoms with E-state index in [-0.39, 0.29) is 23.7 Å². The lowest BCUT2D eigenvalue weighted by atomic mass is 9.89. The molecule has 1 aliphatic heterocycles. The summed E-state index contributed by atoms with van der Waals surface area (Å²) in [5, 5.41) is 3.03. The van der Waals surface area contributed by atoms with E-state index < -0.39 is 0 Å². The van der Waals surface area contributed by atoms with Crippen molar-refractivity contribution in [2.45, 2.75) is 64.4 Å². The van der Waals surface area contributed by atoms with Gasteiger partial charge < -0.3 is 15.0 Å². The number of amides is 1. The molecule has 1 fully saturated rings. The lowest BCUT2D eigenvalue weighted by Crippen LogP contribution is -2.33. The number of rotatable bonds is 12. The monoisotopic (exact) mass is 594 g/mol. The third-order valence-electron chi connectivity index (χ3n) is 7.51. The number of piperidine rings is 1. The van der Waals surface area contributed by atoms with Gasteiger partial charge in [0.2, 0.25) is 5.91 Å². The molecule has 6 heteroatoms. The number of likely N-dealkylation sites (tertiary alicyclic amines) is 1. The highest BCUT2D eigenvalue weighted by Crippen LogP contribution is 2.31. The Morgan fingerprint density at radius 3 is 2.41 bits per heavy atom. The van der Waals surface area contributed by atoms with E-state index in [1.165, 1.54) is 17.7 Å². The Kier molecular flexibility index (Phi) is 11.0. The molecule has 1 heterocycles. The minimum Gasteiger partial charge on any atom is -0.486 e. The minimum absolute atomic E-state index is 0.0234. The lowest BCUT2D eigenvalue weighted by Gasteiger charge is -2.32. The van der Waals surface area contributed by atoms with Crippen molar-refractivity contribution in [2.24, 2.45) is 5.92 Å². The van der Waals surface area contributed by atoms with Crippen LogP contribution in [0, 0.1) is 11.7 Å². The molecule has 0 spiro atoms. The van der Waals surface area contributed by atoms with Gasteiger partial charge in [-0.3, -0.25) is 4.79 Å². The average Bonchev–Trinajstić information content (AvgIpc) is 2.94. The van der Waals surface area contributed by atoms with Crippen LogP contribution in [0.15, 0.2) is 77.3 Å². The maximum absolute atomic E-state index is 13.5. The molecule has 0 aromatic heterocycles. The SMILES string of the molecule is CC(C)C(=O)Nc1cccc(C2CCN(CCCCCC(Oc3ccc(Br)cc3)c3ccc(F)cc3)CC2)c1. The molecule has 1 saturated heterocycles. The Balaban J connectivity index is 1.20. The molecule has 3 aromatic rings. The summed E-state index contributed by atoms with van der Waals surface area (Å²) >= 11 is 3.47. The van der Waals surface area contributed by atoms with Crippen molar-refractivity contribution in [3.8, 4) is 5.75 Å². The van der Waals surface area contributed by atoms with E-state index in [9.17, 15) is 9.18 Å². The van der Waals surface area contributed by atoms with Gasteiger partial charge in [-0.1, -0.05) is 60.5 Å². The molecule has 1 N–H and O–H groups in total. The van der Waals surface area contributed by atoms with Gasteiger partial charge in [-0.25, -0.2) is 4.39 Å². The first-order valence-corrected chi connectivity index (χ1v) is 15.0. The van der Waals surface area contributed by atoms with Crippen LogP contribution in [0.25, 0.3) is 0 Å². The van der Waals surface area contributed by atoms with E-state index in [4.69, 9.17) is 4.74 Å². The van der Waals surface area contributed by atoms with Crippen LogP contribution in [-0.4, -0.2) is 30.4 Å². The van der Waals surface area contributed by atoms with Gasteiger partial charge in [-0.2, -0.15) is 0 Å². The topological polar surface area (TPSA) is 41.6 Å². The minimum atomic E-state index is -0.226. The molecule has 3 aromatic carbocycles. The van der Waals surface area contributed by atoms with Crippen LogP contribution in [-0.2, 0) is 4.79 Å². The second-order valence-electron chi connectivity index (χ2n) is 10.8. The summed E-state index contributed by atoms with van der Waals surface area (Å²) in [5.74, 6) is 1.18. The molecule has 208 valence electrons. The van der Waals surface area contributed by atoms with Crippen molar-refractivity contribution in [3.63, 3.8) is 0 Å². The van der Waals surface area contributed by atoms with Gasteiger partial charge in [0.1, 0.15) is 17.7 Å². The van der Waals surface area contributed by atoms with Crippen molar-refractivity contribution in [3.05, 3.63) is 94.2 Å². The predicted molar refractivity (Wildman–Crippen MR) is 161 cm³/mol. The van der Waals surface area contributed by atoms with Crippen LogP contribution in [0.5, 0.6) is 5.75 Å². The summed E-state index contributed by atoms with van der Waals surface area (Å²) < 4.78 is 20.8. The molecule has 1 atom stereocenters. The molecular weight excluding hydrogens is 555 g/mol. The Morgan fingerprint density at radius 1 is 1.00 bits per heavy atom. The highest BCUT2D eigenvalue weighted by molar-refractivity contribution is 9.10. The van der Waals surface area contributed by atoms with Crippen LogP contribution in [0.4, 0.5) is 10.1 Å². The summed E-state index contributed by atoms with van der Waals surface area (Å²) in [4.78, 5) is 14.6. The average molecular weight is 596 g/mol. The molecule has 1 unspecified atom stereocenters. The standard InChI is InChI=1S/C33H40BrFN2O2/c1-24(2)33(38)36-30-8-6-7-27(23-30)25-18-21-37(22-19-25)20-5-3-4-9-32(26-10-14-29(35)15-11-26)39-31-16-12-28(34)13-17-31/h6-8,10-17,23-25,32H,3-5,9,18-22H2,1-2H3,(H,36,38). The molecule has 0 bridgehead atoms. The van der Waals surface area contributed by atoms with E-state index in [1.54, 1.807) is 0 Å². The number of hydrogen-bond donors (Lipinski definition) is 1. The van der Waals surface area contributed by atoms with E-state index in [0.29, 0.717) is 5.92 Å². The molecule has 0 saturated carbocycles.